The van der Waals surface area contributed by atoms with Crippen LogP contribution in [0.4, 0.5) is 17.6 Å². The predicted molar refractivity (Wildman–Crippen MR) is 105 cm³/mol. The van der Waals surface area contributed by atoms with Gasteiger partial charge in [0.25, 0.3) is 5.91 Å². The van der Waals surface area contributed by atoms with Crippen molar-refractivity contribution in [2.45, 2.75) is 50.9 Å². The van der Waals surface area contributed by atoms with Gasteiger partial charge in [-0.2, -0.15) is 0 Å². The van der Waals surface area contributed by atoms with Crippen molar-refractivity contribution in [2.75, 3.05) is 19.6 Å². The molecule has 0 bridgehead atoms. The molecule has 2 aliphatic heterocycles. The number of hydrogen-bond acceptors (Lipinski definition) is 3. The Morgan fingerprint density at radius 2 is 1.80 bits per heavy atom. The van der Waals surface area contributed by atoms with Crippen LogP contribution in [0.5, 0.6) is 0 Å². The van der Waals surface area contributed by atoms with Crippen molar-refractivity contribution in [1.29, 1.82) is 0 Å². The third-order valence-corrected chi connectivity index (χ3v) is 5.67. The molecule has 30 heavy (non-hydrogen) atoms. The standard InChI is InChI=1S/C20H25F4N3O2.ClH/c1-20(2,24)19(29)26-9-11-3-4-27(17(11)10-26)18(28)7-13(25)5-12-6-15(22)16(23)8-14(12)21;/h6,8,11,13,17H,3-5,7,9-10,25H2,1-2H3;1H/t11-,13?,17+;/m0./s1. The Morgan fingerprint density at radius 3 is 2.43 bits per heavy atom. The highest BCUT2D eigenvalue weighted by Crippen LogP contribution is 2.33. The van der Waals surface area contributed by atoms with Crippen LogP contribution in [0.1, 0.15) is 32.3 Å². The highest BCUT2D eigenvalue weighted by molar-refractivity contribution is 5.85. The molecule has 2 saturated heterocycles. The highest BCUT2D eigenvalue weighted by Gasteiger charge is 2.47. The second kappa shape index (κ2) is 9.09. The number of amides is 2. The first-order valence-corrected chi connectivity index (χ1v) is 9.64. The predicted octanol–water partition coefficient (Wildman–Crippen LogP) is 2.59. The summed E-state index contributed by atoms with van der Waals surface area (Å²) in [5, 5.41) is 0. The normalized spacial score (nSPS) is 22.0. The van der Waals surface area contributed by atoms with Crippen LogP contribution < -0.4 is 5.73 Å². The Bertz CT molecular complexity index is 818. The van der Waals surface area contributed by atoms with Crippen LogP contribution in [0.2, 0.25) is 0 Å². The van der Waals surface area contributed by atoms with Crippen molar-refractivity contribution in [2.24, 2.45) is 11.7 Å². The van der Waals surface area contributed by atoms with E-state index in [4.69, 9.17) is 5.73 Å². The zero-order valence-corrected chi connectivity index (χ0v) is 17.7. The Kier molecular flexibility index (Phi) is 7.40. The second-order valence-corrected chi connectivity index (χ2v) is 8.41. The Morgan fingerprint density at radius 1 is 1.17 bits per heavy atom. The van der Waals surface area contributed by atoms with Crippen LogP contribution in [0.25, 0.3) is 0 Å². The van der Waals surface area contributed by atoms with Gasteiger partial charge in [-0.15, -0.1) is 12.4 Å². The van der Waals surface area contributed by atoms with E-state index in [1.54, 1.807) is 4.90 Å². The summed E-state index contributed by atoms with van der Waals surface area (Å²) in [7, 11) is 0. The molecule has 1 aromatic carbocycles. The molecule has 10 heteroatoms. The van der Waals surface area contributed by atoms with Crippen molar-refractivity contribution >= 4 is 24.2 Å². The Hall–Kier alpha value is -1.87. The molecule has 3 atom stereocenters. The van der Waals surface area contributed by atoms with Gasteiger partial charge < -0.3 is 15.5 Å². The lowest BCUT2D eigenvalue weighted by molar-refractivity contribution is -0.142. The lowest BCUT2D eigenvalue weighted by Crippen LogP contribution is -2.45. The van der Waals surface area contributed by atoms with E-state index in [0.717, 1.165) is 6.07 Å². The van der Waals surface area contributed by atoms with E-state index in [1.807, 2.05) is 0 Å². The van der Waals surface area contributed by atoms with E-state index >= 15 is 0 Å². The number of alkyl halides is 1. The lowest BCUT2D eigenvalue weighted by Gasteiger charge is -2.27. The lowest BCUT2D eigenvalue weighted by atomic mass is 10.0. The topological polar surface area (TPSA) is 66.6 Å². The molecule has 3 rings (SSSR count). The zero-order chi connectivity index (χ0) is 21.5. The molecule has 0 radical (unpaired) electrons. The van der Waals surface area contributed by atoms with Crippen molar-refractivity contribution in [1.82, 2.24) is 9.80 Å². The Balaban J connectivity index is 0.00000320. The number of carbonyl (C=O) groups is 2. The molecule has 2 N–H and O–H groups in total. The molecule has 0 spiro atoms. The molecule has 0 aliphatic carbocycles. The van der Waals surface area contributed by atoms with Gasteiger partial charge in [0.1, 0.15) is 5.82 Å². The quantitative estimate of drug-likeness (QED) is 0.553. The molecule has 2 aliphatic rings. The summed E-state index contributed by atoms with van der Waals surface area (Å²) in [6, 6.07) is 0.242. The molecular weight excluding hydrogens is 426 g/mol. The van der Waals surface area contributed by atoms with Gasteiger partial charge in [-0.3, -0.25) is 9.59 Å². The van der Waals surface area contributed by atoms with Gasteiger partial charge in [0, 0.05) is 44.1 Å². The average Bonchev–Trinajstić information content (AvgIpc) is 3.18. The molecule has 5 nitrogen and oxygen atoms in total. The van der Waals surface area contributed by atoms with Crippen molar-refractivity contribution < 1.29 is 27.2 Å². The maximum Gasteiger partial charge on any atom is 0.259 e. The molecule has 1 unspecified atom stereocenters. The number of likely N-dealkylation sites (tertiary alicyclic amines) is 2. The summed E-state index contributed by atoms with van der Waals surface area (Å²) in [4.78, 5) is 28.0. The molecule has 168 valence electrons. The summed E-state index contributed by atoms with van der Waals surface area (Å²) in [6.07, 6.45) is 0.501. The van der Waals surface area contributed by atoms with Gasteiger partial charge in [-0.1, -0.05) is 0 Å². The van der Waals surface area contributed by atoms with Crippen LogP contribution in [-0.2, 0) is 16.0 Å². The van der Waals surface area contributed by atoms with Gasteiger partial charge in [0.15, 0.2) is 17.3 Å². The number of fused-ring (bicyclic) bond motifs is 1. The SMILES string of the molecule is CC(C)(F)C(=O)N1C[C@@H]2CCN(C(=O)CC(N)Cc3cc(F)c(F)cc3F)[C@@H]2C1.Cl. The second-order valence-electron chi connectivity index (χ2n) is 8.41. The van der Waals surface area contributed by atoms with Gasteiger partial charge in [0.2, 0.25) is 5.91 Å². The van der Waals surface area contributed by atoms with Crippen LogP contribution in [0.15, 0.2) is 12.1 Å². The van der Waals surface area contributed by atoms with Gasteiger partial charge in [-0.25, -0.2) is 17.6 Å². The fraction of sp³-hybridized carbons (Fsp3) is 0.600. The minimum Gasteiger partial charge on any atom is -0.338 e. The molecule has 2 amide bonds. The van der Waals surface area contributed by atoms with E-state index < -0.39 is 35.1 Å². The molecule has 0 aromatic heterocycles. The number of nitrogens with zero attached hydrogens (tertiary/aromatic N) is 2. The smallest absolute Gasteiger partial charge is 0.259 e. The summed E-state index contributed by atoms with van der Waals surface area (Å²) < 4.78 is 54.1. The molecule has 1 aromatic rings. The van der Waals surface area contributed by atoms with Gasteiger partial charge in [0.05, 0.1) is 6.04 Å². The summed E-state index contributed by atoms with van der Waals surface area (Å²) >= 11 is 0. The van der Waals surface area contributed by atoms with Crippen molar-refractivity contribution in [3.05, 3.63) is 35.1 Å². The average molecular weight is 452 g/mol. The van der Waals surface area contributed by atoms with Gasteiger partial charge in [-0.05, 0) is 38.3 Å². The van der Waals surface area contributed by atoms with Crippen LogP contribution in [0.3, 0.4) is 0 Å². The van der Waals surface area contributed by atoms with Crippen LogP contribution >= 0.6 is 12.4 Å². The summed E-state index contributed by atoms with van der Waals surface area (Å²) in [6.45, 7) is 3.62. The molecule has 2 heterocycles. The maximum absolute atomic E-state index is 14.0. The third kappa shape index (κ3) is 5.06. The van der Waals surface area contributed by atoms with E-state index in [9.17, 15) is 27.2 Å². The first-order valence-electron chi connectivity index (χ1n) is 9.64. The number of hydrogen-bond donors (Lipinski definition) is 1. The minimum atomic E-state index is -1.97. The molecular formula is C20H26ClF4N3O2. The number of benzene rings is 1. The van der Waals surface area contributed by atoms with Crippen molar-refractivity contribution in [3.63, 3.8) is 0 Å². The first-order chi connectivity index (χ1) is 13.5. The fourth-order valence-electron chi connectivity index (χ4n) is 4.23. The van der Waals surface area contributed by atoms with E-state index in [1.165, 1.54) is 18.7 Å². The highest BCUT2D eigenvalue weighted by atomic mass is 35.5. The van der Waals surface area contributed by atoms with Gasteiger partial charge >= 0.3 is 0 Å². The van der Waals surface area contributed by atoms with E-state index in [2.05, 4.69) is 0 Å². The zero-order valence-electron chi connectivity index (χ0n) is 16.8. The van der Waals surface area contributed by atoms with E-state index in [0.29, 0.717) is 25.6 Å². The van der Waals surface area contributed by atoms with Crippen LogP contribution in [0, 0.1) is 23.4 Å². The number of halogens is 5. The largest absolute Gasteiger partial charge is 0.338 e. The van der Waals surface area contributed by atoms with E-state index in [-0.39, 0.29) is 55.2 Å². The van der Waals surface area contributed by atoms with Crippen LogP contribution in [-0.4, -0.2) is 59.0 Å². The number of carbonyl (C=O) groups excluding carboxylic acids is 2. The first kappa shape index (κ1) is 24.4. The number of rotatable bonds is 5. The maximum atomic E-state index is 14.0. The molecule has 2 fully saturated rings. The summed E-state index contributed by atoms with van der Waals surface area (Å²) in [5.74, 6) is -4.12. The fourth-order valence-corrected chi connectivity index (χ4v) is 4.23. The number of nitrogens with two attached hydrogens (primary N) is 1. The van der Waals surface area contributed by atoms with Crippen molar-refractivity contribution in [3.8, 4) is 0 Å². The monoisotopic (exact) mass is 451 g/mol. The summed E-state index contributed by atoms with van der Waals surface area (Å²) in [5.41, 5.74) is 3.90. The Labute approximate surface area is 179 Å². The third-order valence-electron chi connectivity index (χ3n) is 5.67. The molecule has 0 saturated carbocycles. The minimum absolute atomic E-state index is 0.